The molecule has 6 nitrogen and oxygen atoms in total. The summed E-state index contributed by atoms with van der Waals surface area (Å²) in [7, 11) is 0. The van der Waals surface area contributed by atoms with Gasteiger partial charge in [0.15, 0.2) is 0 Å². The zero-order valence-electron chi connectivity index (χ0n) is 42.2. The summed E-state index contributed by atoms with van der Waals surface area (Å²) in [6.45, 7) is 6.46. The maximum atomic E-state index is 13.2. The third-order valence-corrected chi connectivity index (χ3v) is 12.7. The quantitative estimate of drug-likeness (QED) is 0.0321. The molecule has 0 radical (unpaired) electrons. The van der Waals surface area contributed by atoms with E-state index in [0.29, 0.717) is 19.3 Å². The lowest BCUT2D eigenvalue weighted by atomic mass is 10.0. The van der Waals surface area contributed by atoms with Crippen molar-refractivity contribution in [2.24, 2.45) is 0 Å². The molecule has 6 heteroatoms. The van der Waals surface area contributed by atoms with Crippen molar-refractivity contribution in [3.63, 3.8) is 0 Å². The van der Waals surface area contributed by atoms with E-state index in [2.05, 4.69) is 62.5 Å². The normalized spacial score (nSPS) is 13.4. The van der Waals surface area contributed by atoms with Gasteiger partial charge in [-0.3, -0.25) is 9.59 Å². The third kappa shape index (κ3) is 46.4. The predicted octanol–water partition coefficient (Wildman–Crippen LogP) is 16.8. The Balaban J connectivity index is 4.55. The van der Waals surface area contributed by atoms with Gasteiger partial charge in [-0.1, -0.05) is 250 Å². The lowest BCUT2D eigenvalue weighted by Gasteiger charge is -2.24. The van der Waals surface area contributed by atoms with Crippen molar-refractivity contribution in [2.45, 2.75) is 309 Å². The van der Waals surface area contributed by atoms with Crippen LogP contribution in [0.3, 0.4) is 0 Å². The molecule has 0 aromatic heterocycles. The second-order valence-corrected chi connectivity index (χ2v) is 19.0. The van der Waals surface area contributed by atoms with Crippen LogP contribution in [0.15, 0.2) is 36.5 Å². The summed E-state index contributed by atoms with van der Waals surface area (Å²) in [6, 6.07) is -0.705. The summed E-state index contributed by atoms with van der Waals surface area (Å²) < 4.78 is 5.95. The molecule has 63 heavy (non-hydrogen) atoms. The molecule has 370 valence electrons. The molecule has 0 spiro atoms. The van der Waals surface area contributed by atoms with E-state index >= 15 is 0 Å². The monoisotopic (exact) mass is 886 g/mol. The third-order valence-electron chi connectivity index (χ3n) is 12.7. The number of unbranched alkanes of at least 4 members (excludes halogenated alkanes) is 32. The number of hydrogen-bond donors (Lipinski definition) is 3. The molecule has 0 rings (SSSR count). The van der Waals surface area contributed by atoms with Crippen molar-refractivity contribution in [1.82, 2.24) is 5.32 Å². The molecule has 0 aliphatic heterocycles. The van der Waals surface area contributed by atoms with Crippen molar-refractivity contribution in [3.05, 3.63) is 36.5 Å². The number of hydrogen-bond acceptors (Lipinski definition) is 5. The number of esters is 1. The van der Waals surface area contributed by atoms with Gasteiger partial charge in [0, 0.05) is 6.42 Å². The number of carbonyl (C=O) groups excluding carboxylic acids is 2. The van der Waals surface area contributed by atoms with Gasteiger partial charge in [0.25, 0.3) is 0 Å². The first-order valence-electron chi connectivity index (χ1n) is 27.7. The highest BCUT2D eigenvalue weighted by molar-refractivity contribution is 5.77. The number of ether oxygens (including phenoxy) is 1. The fraction of sp³-hybridized carbons (Fsp3) is 0.860. The lowest BCUT2D eigenvalue weighted by molar-refractivity contribution is -0.151. The SMILES string of the molecule is CCCCC/C=C\C/C=C\C/C=C\CCCCCCC(CC(=O)NC(CO)C(O)CCCCCCCCCCC)OC(=O)CCCCCCCCCCCCCCCCCCCC. The molecule has 3 N–H and O–H groups in total. The Labute approximate surface area is 392 Å². The summed E-state index contributed by atoms with van der Waals surface area (Å²) >= 11 is 0. The lowest BCUT2D eigenvalue weighted by Crippen LogP contribution is -2.46. The van der Waals surface area contributed by atoms with E-state index in [1.165, 1.54) is 161 Å². The number of rotatable bonds is 50. The number of aliphatic hydroxyl groups is 2. The van der Waals surface area contributed by atoms with Crippen LogP contribution in [0.1, 0.15) is 290 Å². The van der Waals surface area contributed by atoms with E-state index in [1.807, 2.05) is 0 Å². The van der Waals surface area contributed by atoms with E-state index < -0.39 is 18.2 Å². The highest BCUT2D eigenvalue weighted by atomic mass is 16.5. The number of nitrogens with one attached hydrogen (secondary N) is 1. The van der Waals surface area contributed by atoms with Gasteiger partial charge in [0.1, 0.15) is 6.10 Å². The van der Waals surface area contributed by atoms with E-state index in [9.17, 15) is 19.8 Å². The van der Waals surface area contributed by atoms with Crippen LogP contribution in [0.4, 0.5) is 0 Å². The molecule has 0 fully saturated rings. The van der Waals surface area contributed by atoms with Gasteiger partial charge in [-0.15, -0.1) is 0 Å². The Morgan fingerprint density at radius 3 is 1.25 bits per heavy atom. The number of aliphatic hydroxyl groups excluding tert-OH is 2. The maximum absolute atomic E-state index is 13.2. The summed E-state index contributed by atoms with van der Waals surface area (Å²) in [4.78, 5) is 26.2. The minimum atomic E-state index is -0.790. The molecule has 0 saturated carbocycles. The number of amides is 1. The topological polar surface area (TPSA) is 95.9 Å². The van der Waals surface area contributed by atoms with Gasteiger partial charge in [-0.05, 0) is 64.2 Å². The molecule has 1 amide bonds. The summed E-state index contributed by atoms with van der Waals surface area (Å²) in [5, 5.41) is 23.7. The van der Waals surface area contributed by atoms with E-state index in [-0.39, 0.29) is 24.9 Å². The molecular formula is C57H107NO5. The molecule has 0 saturated heterocycles. The van der Waals surface area contributed by atoms with Crippen molar-refractivity contribution in [2.75, 3.05) is 6.61 Å². The Hall–Kier alpha value is -1.92. The van der Waals surface area contributed by atoms with Gasteiger partial charge in [-0.25, -0.2) is 0 Å². The largest absolute Gasteiger partial charge is 0.462 e. The maximum Gasteiger partial charge on any atom is 0.306 e. The molecule has 0 bridgehead atoms. The molecule has 0 heterocycles. The van der Waals surface area contributed by atoms with Crippen LogP contribution >= 0.6 is 0 Å². The smallest absolute Gasteiger partial charge is 0.306 e. The van der Waals surface area contributed by atoms with Crippen LogP contribution in [0, 0.1) is 0 Å². The van der Waals surface area contributed by atoms with Gasteiger partial charge in [0.2, 0.25) is 5.91 Å². The Morgan fingerprint density at radius 1 is 0.460 bits per heavy atom. The van der Waals surface area contributed by atoms with Crippen molar-refractivity contribution >= 4 is 11.9 Å². The average molecular weight is 886 g/mol. The molecule has 3 atom stereocenters. The molecule has 0 aliphatic rings. The first kappa shape index (κ1) is 61.1. The minimum absolute atomic E-state index is 0.0665. The van der Waals surface area contributed by atoms with Gasteiger partial charge >= 0.3 is 5.97 Å². The van der Waals surface area contributed by atoms with Gasteiger partial charge < -0.3 is 20.3 Å². The fourth-order valence-corrected chi connectivity index (χ4v) is 8.50. The van der Waals surface area contributed by atoms with Gasteiger partial charge in [-0.2, -0.15) is 0 Å². The molecule has 0 aromatic rings. The summed E-state index contributed by atoms with van der Waals surface area (Å²) in [6.07, 6.45) is 60.7. The van der Waals surface area contributed by atoms with E-state index in [1.54, 1.807) is 0 Å². The minimum Gasteiger partial charge on any atom is -0.462 e. The second kappa shape index (κ2) is 51.1. The molecular weight excluding hydrogens is 779 g/mol. The Morgan fingerprint density at radius 2 is 0.810 bits per heavy atom. The highest BCUT2D eigenvalue weighted by Crippen LogP contribution is 2.18. The highest BCUT2D eigenvalue weighted by Gasteiger charge is 2.24. The zero-order chi connectivity index (χ0) is 45.9. The second-order valence-electron chi connectivity index (χ2n) is 19.0. The number of allylic oxidation sites excluding steroid dienone is 6. The van der Waals surface area contributed by atoms with Gasteiger partial charge in [0.05, 0.1) is 25.2 Å². The van der Waals surface area contributed by atoms with Crippen molar-refractivity contribution < 1.29 is 24.5 Å². The van der Waals surface area contributed by atoms with Crippen LogP contribution in [0.2, 0.25) is 0 Å². The van der Waals surface area contributed by atoms with Crippen LogP contribution in [-0.2, 0) is 14.3 Å². The van der Waals surface area contributed by atoms with Crippen LogP contribution in [-0.4, -0.2) is 46.9 Å². The Kier molecular flexibility index (Phi) is 49.5. The molecule has 0 aromatic carbocycles. The fourth-order valence-electron chi connectivity index (χ4n) is 8.50. The standard InChI is InChI=1S/C57H107NO5/c1-4-7-10-13-16-19-21-23-25-27-29-31-33-35-38-41-44-47-50-57(62)63-53(48-45-42-39-37-34-32-30-28-26-24-22-20-17-14-11-8-5-2)51-56(61)58-54(52-59)55(60)49-46-43-40-36-18-15-12-9-6-3/h17,20,24,26,30,32,53-55,59-60H,4-16,18-19,21-23,25,27-29,31,33-52H2,1-3H3,(H,58,61)/b20-17-,26-24-,32-30-. The zero-order valence-corrected chi connectivity index (χ0v) is 42.2. The van der Waals surface area contributed by atoms with Crippen LogP contribution in [0.25, 0.3) is 0 Å². The summed E-state index contributed by atoms with van der Waals surface area (Å²) in [5.74, 6) is -0.482. The van der Waals surface area contributed by atoms with Crippen LogP contribution in [0.5, 0.6) is 0 Å². The first-order valence-corrected chi connectivity index (χ1v) is 27.7. The predicted molar refractivity (Wildman–Crippen MR) is 273 cm³/mol. The van der Waals surface area contributed by atoms with Crippen molar-refractivity contribution in [3.8, 4) is 0 Å². The average Bonchev–Trinajstić information content (AvgIpc) is 3.28. The number of carbonyl (C=O) groups is 2. The van der Waals surface area contributed by atoms with E-state index in [0.717, 1.165) is 83.5 Å². The first-order chi connectivity index (χ1) is 31.0. The van der Waals surface area contributed by atoms with Crippen molar-refractivity contribution in [1.29, 1.82) is 0 Å². The molecule has 0 aliphatic carbocycles. The van der Waals surface area contributed by atoms with Crippen LogP contribution < -0.4 is 5.32 Å². The Bertz CT molecular complexity index is 1040. The summed E-state index contributed by atoms with van der Waals surface area (Å²) in [5.41, 5.74) is 0. The molecule has 3 unspecified atom stereocenters. The van der Waals surface area contributed by atoms with E-state index in [4.69, 9.17) is 4.74 Å².